The molecule has 1 aromatic carbocycles. The number of likely N-dealkylation sites (tertiary alicyclic amines) is 1. The number of aldehydes is 1. The average Bonchev–Trinajstić information content (AvgIpc) is 2.92. The summed E-state index contributed by atoms with van der Waals surface area (Å²) in [4.78, 5) is 24.1. The minimum absolute atomic E-state index is 0.0794. The smallest absolute Gasteiger partial charge is 0.409 e. The van der Waals surface area contributed by atoms with Gasteiger partial charge in [-0.25, -0.2) is 4.79 Å². The molecule has 6 nitrogen and oxygen atoms in total. The number of hydrogen-bond acceptors (Lipinski definition) is 5. The summed E-state index contributed by atoms with van der Waals surface area (Å²) in [5, 5.41) is 9.57. The summed E-state index contributed by atoms with van der Waals surface area (Å²) >= 11 is 0. The van der Waals surface area contributed by atoms with E-state index in [1.54, 1.807) is 17.0 Å². The summed E-state index contributed by atoms with van der Waals surface area (Å²) in [6.45, 7) is 0.903. The zero-order chi connectivity index (χ0) is 14.5. The molecule has 2 rings (SSSR count). The minimum Gasteiger partial charge on any atom is -0.507 e. The molecule has 1 aliphatic rings. The van der Waals surface area contributed by atoms with E-state index < -0.39 is 0 Å². The van der Waals surface area contributed by atoms with Crippen molar-refractivity contribution in [1.82, 2.24) is 4.90 Å². The lowest BCUT2D eigenvalue weighted by Gasteiger charge is -2.23. The van der Waals surface area contributed by atoms with Crippen molar-refractivity contribution < 1.29 is 24.2 Å². The Morgan fingerprint density at radius 1 is 1.55 bits per heavy atom. The Hall–Kier alpha value is -2.24. The van der Waals surface area contributed by atoms with Crippen LogP contribution in [0.15, 0.2) is 18.2 Å². The van der Waals surface area contributed by atoms with Crippen molar-refractivity contribution in [3.63, 3.8) is 0 Å². The van der Waals surface area contributed by atoms with Gasteiger partial charge in [0.05, 0.1) is 18.7 Å². The summed E-state index contributed by atoms with van der Waals surface area (Å²) in [6.07, 6.45) is 1.90. The molecule has 1 atom stereocenters. The maximum absolute atomic E-state index is 11.6. The van der Waals surface area contributed by atoms with Crippen LogP contribution >= 0.6 is 0 Å². The lowest BCUT2D eigenvalue weighted by molar-refractivity contribution is 0.104. The summed E-state index contributed by atoms with van der Waals surface area (Å²) in [5.74, 6) is 0.200. The number of amides is 1. The molecule has 1 heterocycles. The lowest BCUT2D eigenvalue weighted by Crippen LogP contribution is -2.38. The maximum Gasteiger partial charge on any atom is 0.409 e. The van der Waals surface area contributed by atoms with Gasteiger partial charge in [-0.15, -0.1) is 0 Å². The number of methoxy groups -OCH3 is 1. The van der Waals surface area contributed by atoms with Gasteiger partial charge in [0, 0.05) is 6.54 Å². The second-order valence-corrected chi connectivity index (χ2v) is 4.58. The van der Waals surface area contributed by atoms with Crippen LogP contribution in [0.25, 0.3) is 0 Å². The van der Waals surface area contributed by atoms with E-state index >= 15 is 0 Å². The van der Waals surface area contributed by atoms with Crippen molar-refractivity contribution in [3.8, 4) is 11.5 Å². The van der Waals surface area contributed by atoms with Crippen molar-refractivity contribution in [3.05, 3.63) is 23.8 Å². The summed E-state index contributed by atoms with van der Waals surface area (Å²) in [5.41, 5.74) is 0.120. The van der Waals surface area contributed by atoms with Gasteiger partial charge in [0.1, 0.15) is 18.1 Å². The van der Waals surface area contributed by atoms with E-state index in [-0.39, 0.29) is 30.1 Å². The molecule has 0 bridgehead atoms. The fourth-order valence-corrected chi connectivity index (χ4v) is 2.33. The Kier molecular flexibility index (Phi) is 4.45. The minimum atomic E-state index is -0.373. The summed E-state index contributed by atoms with van der Waals surface area (Å²) in [6, 6.07) is 4.56. The van der Waals surface area contributed by atoms with E-state index in [4.69, 9.17) is 9.47 Å². The Labute approximate surface area is 116 Å². The lowest BCUT2D eigenvalue weighted by atomic mass is 10.2. The van der Waals surface area contributed by atoms with Gasteiger partial charge in [0.2, 0.25) is 0 Å². The van der Waals surface area contributed by atoms with Crippen LogP contribution in [0, 0.1) is 0 Å². The SMILES string of the molecule is COC(=O)N1CCCC1COc1cccc(O)c1C=O. The highest BCUT2D eigenvalue weighted by molar-refractivity contribution is 5.83. The number of carbonyl (C=O) groups is 2. The molecule has 0 saturated carbocycles. The number of ether oxygens (including phenoxy) is 2. The number of phenolic OH excluding ortho intramolecular Hbond substituents is 1. The Morgan fingerprint density at radius 3 is 3.05 bits per heavy atom. The quantitative estimate of drug-likeness (QED) is 0.851. The molecule has 1 amide bonds. The highest BCUT2D eigenvalue weighted by Crippen LogP contribution is 2.27. The average molecular weight is 279 g/mol. The van der Waals surface area contributed by atoms with E-state index in [0.29, 0.717) is 18.6 Å². The van der Waals surface area contributed by atoms with E-state index in [1.165, 1.54) is 13.2 Å². The van der Waals surface area contributed by atoms with Crippen LogP contribution in [0.1, 0.15) is 23.2 Å². The van der Waals surface area contributed by atoms with Gasteiger partial charge in [0.15, 0.2) is 6.29 Å². The van der Waals surface area contributed by atoms with Crippen molar-refractivity contribution in [1.29, 1.82) is 0 Å². The summed E-state index contributed by atoms with van der Waals surface area (Å²) in [7, 11) is 1.35. The molecular formula is C14H17NO5. The monoisotopic (exact) mass is 279 g/mol. The number of aromatic hydroxyl groups is 1. The second kappa shape index (κ2) is 6.27. The summed E-state index contributed by atoms with van der Waals surface area (Å²) < 4.78 is 10.3. The van der Waals surface area contributed by atoms with Crippen LogP contribution in [0.4, 0.5) is 4.79 Å². The van der Waals surface area contributed by atoms with Crippen molar-refractivity contribution in [2.45, 2.75) is 18.9 Å². The standard InChI is InChI=1S/C14H17NO5/c1-19-14(18)15-7-3-4-10(15)9-20-13-6-2-5-12(17)11(13)8-16/h2,5-6,8,10,17H,3-4,7,9H2,1H3. The topological polar surface area (TPSA) is 76.1 Å². The van der Waals surface area contributed by atoms with Crippen LogP contribution in [0.5, 0.6) is 11.5 Å². The van der Waals surface area contributed by atoms with Gasteiger partial charge in [-0.3, -0.25) is 4.79 Å². The van der Waals surface area contributed by atoms with Crippen molar-refractivity contribution in [2.24, 2.45) is 0 Å². The third-order valence-corrected chi connectivity index (χ3v) is 3.38. The van der Waals surface area contributed by atoms with E-state index in [0.717, 1.165) is 12.8 Å². The molecule has 20 heavy (non-hydrogen) atoms. The highest BCUT2D eigenvalue weighted by Gasteiger charge is 2.30. The fraction of sp³-hybridized carbons (Fsp3) is 0.429. The molecule has 1 N–H and O–H groups in total. The number of benzene rings is 1. The van der Waals surface area contributed by atoms with Gasteiger partial charge in [0.25, 0.3) is 0 Å². The van der Waals surface area contributed by atoms with E-state index in [2.05, 4.69) is 0 Å². The molecule has 1 aromatic rings. The Bertz CT molecular complexity index is 502. The van der Waals surface area contributed by atoms with Crippen LogP contribution in [-0.4, -0.2) is 48.7 Å². The predicted molar refractivity (Wildman–Crippen MR) is 71.1 cm³/mol. The first-order valence-corrected chi connectivity index (χ1v) is 6.42. The molecule has 108 valence electrons. The molecular weight excluding hydrogens is 262 g/mol. The fourth-order valence-electron chi connectivity index (χ4n) is 2.33. The predicted octanol–water partition coefficient (Wildman–Crippen LogP) is 1.81. The number of phenols is 1. The molecule has 1 saturated heterocycles. The molecule has 0 radical (unpaired) electrons. The van der Waals surface area contributed by atoms with Gasteiger partial charge < -0.3 is 19.5 Å². The first-order valence-electron chi connectivity index (χ1n) is 6.42. The van der Waals surface area contributed by atoms with Gasteiger partial charge in [-0.2, -0.15) is 0 Å². The molecule has 0 aliphatic carbocycles. The molecule has 0 spiro atoms. The highest BCUT2D eigenvalue weighted by atomic mass is 16.5. The number of hydrogen-bond donors (Lipinski definition) is 1. The van der Waals surface area contributed by atoms with Crippen LogP contribution in [-0.2, 0) is 4.74 Å². The zero-order valence-corrected chi connectivity index (χ0v) is 11.2. The largest absolute Gasteiger partial charge is 0.507 e. The van der Waals surface area contributed by atoms with Gasteiger partial charge in [-0.1, -0.05) is 6.07 Å². The van der Waals surface area contributed by atoms with Gasteiger partial charge >= 0.3 is 6.09 Å². The van der Waals surface area contributed by atoms with Crippen LogP contribution in [0.3, 0.4) is 0 Å². The van der Waals surface area contributed by atoms with Crippen molar-refractivity contribution >= 4 is 12.4 Å². The third-order valence-electron chi connectivity index (χ3n) is 3.38. The molecule has 0 aromatic heterocycles. The van der Waals surface area contributed by atoms with Gasteiger partial charge in [-0.05, 0) is 25.0 Å². The first-order chi connectivity index (χ1) is 9.67. The zero-order valence-electron chi connectivity index (χ0n) is 11.2. The number of carbonyl (C=O) groups excluding carboxylic acids is 2. The number of rotatable bonds is 4. The van der Waals surface area contributed by atoms with Crippen LogP contribution in [0.2, 0.25) is 0 Å². The maximum atomic E-state index is 11.6. The van der Waals surface area contributed by atoms with Crippen LogP contribution < -0.4 is 4.74 Å². The Balaban J connectivity index is 2.03. The second-order valence-electron chi connectivity index (χ2n) is 4.58. The molecule has 6 heteroatoms. The normalized spacial score (nSPS) is 17.9. The Morgan fingerprint density at radius 2 is 2.35 bits per heavy atom. The van der Waals surface area contributed by atoms with E-state index in [9.17, 15) is 14.7 Å². The molecule has 1 aliphatic heterocycles. The van der Waals surface area contributed by atoms with Crippen molar-refractivity contribution in [2.75, 3.05) is 20.3 Å². The van der Waals surface area contributed by atoms with E-state index in [1.807, 2.05) is 0 Å². The number of nitrogens with zero attached hydrogens (tertiary/aromatic N) is 1. The molecule has 1 fully saturated rings. The first kappa shape index (κ1) is 14.2. The molecule has 1 unspecified atom stereocenters. The third kappa shape index (κ3) is 2.84.